The van der Waals surface area contributed by atoms with Crippen molar-refractivity contribution in [3.8, 4) is 17.4 Å². The largest absolute Gasteiger partial charge is 0.486 e. The van der Waals surface area contributed by atoms with Crippen molar-refractivity contribution >= 4 is 47.4 Å². The summed E-state index contributed by atoms with van der Waals surface area (Å²) in [6, 6.07) is 5.81. The SMILES string of the molecule is COc1ccc2ncc(Cl)c(C(O)N3CCC(NCc4cc5c(cn4)OCCO5)CC3)c2n1.Cl.Cl. The van der Waals surface area contributed by atoms with E-state index < -0.39 is 6.23 Å². The number of aliphatic hydroxyl groups excluding tert-OH is 1. The molecule has 0 spiro atoms. The highest BCUT2D eigenvalue weighted by atomic mass is 35.5. The van der Waals surface area contributed by atoms with E-state index in [1.54, 1.807) is 25.6 Å². The van der Waals surface area contributed by atoms with Crippen molar-refractivity contribution in [2.75, 3.05) is 33.4 Å². The molecule has 0 aromatic carbocycles. The van der Waals surface area contributed by atoms with Crippen LogP contribution >= 0.6 is 36.4 Å². The summed E-state index contributed by atoms with van der Waals surface area (Å²) in [4.78, 5) is 15.3. The second-order valence-electron chi connectivity index (χ2n) is 8.13. The molecule has 1 saturated heterocycles. The number of piperidine rings is 1. The number of halogens is 3. The molecule has 0 aliphatic carbocycles. The second kappa shape index (κ2) is 12.2. The molecule has 3 aromatic rings. The minimum Gasteiger partial charge on any atom is -0.486 e. The predicted molar refractivity (Wildman–Crippen MR) is 137 cm³/mol. The summed E-state index contributed by atoms with van der Waals surface area (Å²) >= 11 is 6.44. The third-order valence-electron chi connectivity index (χ3n) is 6.08. The maximum atomic E-state index is 11.2. The van der Waals surface area contributed by atoms with Gasteiger partial charge in [0.25, 0.3) is 0 Å². The molecule has 2 aliphatic rings. The van der Waals surface area contributed by atoms with Crippen LogP contribution in [0.1, 0.15) is 30.3 Å². The lowest BCUT2D eigenvalue weighted by molar-refractivity contribution is -0.0141. The quantitative estimate of drug-likeness (QED) is 0.482. The van der Waals surface area contributed by atoms with Gasteiger partial charge in [-0.15, -0.1) is 24.8 Å². The number of hydrogen-bond acceptors (Lipinski definition) is 9. The minimum absolute atomic E-state index is 0. The molecular formula is C23H28Cl3N5O4. The van der Waals surface area contributed by atoms with Crippen LogP contribution in [0.4, 0.5) is 0 Å². The number of aromatic nitrogens is 3. The first-order valence-corrected chi connectivity index (χ1v) is 11.4. The Morgan fingerprint density at radius 1 is 1.14 bits per heavy atom. The number of fused-ring (bicyclic) bond motifs is 2. The molecule has 5 heterocycles. The molecule has 190 valence electrons. The van der Waals surface area contributed by atoms with Crippen molar-refractivity contribution in [1.82, 2.24) is 25.2 Å². The van der Waals surface area contributed by atoms with Crippen LogP contribution in [0.25, 0.3) is 11.0 Å². The molecule has 5 rings (SSSR count). The lowest BCUT2D eigenvalue weighted by atomic mass is 10.0. The van der Waals surface area contributed by atoms with Gasteiger partial charge in [0.15, 0.2) is 11.5 Å². The first kappa shape index (κ1) is 27.4. The number of rotatable bonds is 6. The zero-order valence-corrected chi connectivity index (χ0v) is 21.5. The van der Waals surface area contributed by atoms with Crippen molar-refractivity contribution in [3.63, 3.8) is 0 Å². The Balaban J connectivity index is 0.00000171. The molecule has 1 fully saturated rings. The van der Waals surface area contributed by atoms with Crippen molar-refractivity contribution in [2.45, 2.75) is 31.7 Å². The highest BCUT2D eigenvalue weighted by Crippen LogP contribution is 2.33. The molecule has 2 N–H and O–H groups in total. The van der Waals surface area contributed by atoms with Crippen LogP contribution in [-0.2, 0) is 6.54 Å². The summed E-state index contributed by atoms with van der Waals surface area (Å²) in [5, 5.41) is 15.1. The smallest absolute Gasteiger partial charge is 0.213 e. The van der Waals surface area contributed by atoms with E-state index in [1.165, 1.54) is 0 Å². The maximum Gasteiger partial charge on any atom is 0.213 e. The normalized spacial score (nSPS) is 16.8. The van der Waals surface area contributed by atoms with E-state index in [1.807, 2.05) is 17.0 Å². The fourth-order valence-electron chi connectivity index (χ4n) is 4.27. The van der Waals surface area contributed by atoms with E-state index in [0.29, 0.717) is 59.0 Å². The van der Waals surface area contributed by atoms with Crippen LogP contribution in [0.2, 0.25) is 5.02 Å². The average Bonchev–Trinajstić information content (AvgIpc) is 2.87. The monoisotopic (exact) mass is 543 g/mol. The zero-order valence-electron chi connectivity index (χ0n) is 19.1. The van der Waals surface area contributed by atoms with Gasteiger partial charge in [0.2, 0.25) is 5.88 Å². The molecule has 0 amide bonds. The molecule has 0 bridgehead atoms. The number of nitrogens with zero attached hydrogens (tertiary/aromatic N) is 4. The number of aliphatic hydroxyl groups is 1. The number of ether oxygens (including phenoxy) is 3. The van der Waals surface area contributed by atoms with Crippen LogP contribution < -0.4 is 19.5 Å². The fourth-order valence-corrected chi connectivity index (χ4v) is 4.51. The Morgan fingerprint density at radius 2 is 1.89 bits per heavy atom. The van der Waals surface area contributed by atoms with Crippen molar-refractivity contribution in [1.29, 1.82) is 0 Å². The molecule has 3 aromatic heterocycles. The summed E-state index contributed by atoms with van der Waals surface area (Å²) in [7, 11) is 1.56. The average molecular weight is 545 g/mol. The lowest BCUT2D eigenvalue weighted by Crippen LogP contribution is -2.43. The van der Waals surface area contributed by atoms with Crippen LogP contribution in [0, 0.1) is 0 Å². The number of hydrogen-bond donors (Lipinski definition) is 2. The van der Waals surface area contributed by atoms with Gasteiger partial charge in [-0.2, -0.15) is 0 Å². The zero-order chi connectivity index (χ0) is 22.8. The Labute approximate surface area is 221 Å². The van der Waals surface area contributed by atoms with E-state index >= 15 is 0 Å². The van der Waals surface area contributed by atoms with Gasteiger partial charge >= 0.3 is 0 Å². The third-order valence-corrected chi connectivity index (χ3v) is 6.38. The molecule has 1 atom stereocenters. The van der Waals surface area contributed by atoms with Crippen molar-refractivity contribution in [3.05, 3.63) is 46.9 Å². The van der Waals surface area contributed by atoms with Crippen LogP contribution in [-0.4, -0.2) is 64.4 Å². The van der Waals surface area contributed by atoms with Crippen molar-refractivity contribution in [2.24, 2.45) is 0 Å². The van der Waals surface area contributed by atoms with E-state index in [2.05, 4.69) is 20.3 Å². The second-order valence-corrected chi connectivity index (χ2v) is 8.53. The van der Waals surface area contributed by atoms with Crippen LogP contribution in [0.3, 0.4) is 0 Å². The fraction of sp³-hybridized carbons (Fsp3) is 0.435. The Kier molecular flexibility index (Phi) is 9.57. The maximum absolute atomic E-state index is 11.2. The number of methoxy groups -OCH3 is 1. The first-order valence-electron chi connectivity index (χ1n) is 11.0. The van der Waals surface area contributed by atoms with Gasteiger partial charge in [-0.1, -0.05) is 11.6 Å². The Morgan fingerprint density at radius 3 is 2.63 bits per heavy atom. The molecule has 12 heteroatoms. The van der Waals surface area contributed by atoms with E-state index in [4.69, 9.17) is 25.8 Å². The van der Waals surface area contributed by atoms with Crippen LogP contribution in [0.15, 0.2) is 30.6 Å². The lowest BCUT2D eigenvalue weighted by Gasteiger charge is -2.36. The van der Waals surface area contributed by atoms with Gasteiger partial charge in [-0.25, -0.2) is 4.98 Å². The van der Waals surface area contributed by atoms with E-state index in [-0.39, 0.29) is 24.8 Å². The summed E-state index contributed by atoms with van der Waals surface area (Å²) < 4.78 is 16.4. The van der Waals surface area contributed by atoms with Crippen molar-refractivity contribution < 1.29 is 19.3 Å². The highest BCUT2D eigenvalue weighted by molar-refractivity contribution is 6.32. The third kappa shape index (κ3) is 5.99. The molecule has 2 aliphatic heterocycles. The van der Waals surface area contributed by atoms with E-state index in [9.17, 15) is 5.11 Å². The highest BCUT2D eigenvalue weighted by Gasteiger charge is 2.28. The van der Waals surface area contributed by atoms with Gasteiger partial charge in [0, 0.05) is 49.6 Å². The number of likely N-dealkylation sites (tertiary alicyclic amines) is 1. The summed E-state index contributed by atoms with van der Waals surface area (Å²) in [6.45, 7) is 3.20. The molecule has 9 nitrogen and oxygen atoms in total. The molecule has 0 saturated carbocycles. The van der Waals surface area contributed by atoms with Gasteiger partial charge in [-0.3, -0.25) is 14.9 Å². The molecular weight excluding hydrogens is 517 g/mol. The topological polar surface area (TPSA) is 102 Å². The Hall–Kier alpha value is -2.14. The standard InChI is InChI=1S/C23H26ClN5O4.2ClH/c1-31-20-3-2-17-22(28-20)21(16(24)12-27-17)23(30)29-6-4-14(5-7-29)25-11-15-10-18-19(13-26-15)33-9-8-32-18;;/h2-3,10,12-14,23,25,30H,4-9,11H2,1H3;2*1H. The van der Waals surface area contributed by atoms with Gasteiger partial charge in [0.1, 0.15) is 25.0 Å². The molecule has 0 radical (unpaired) electrons. The van der Waals surface area contributed by atoms with Crippen LogP contribution in [0.5, 0.6) is 17.4 Å². The molecule has 1 unspecified atom stereocenters. The predicted octanol–water partition coefficient (Wildman–Crippen LogP) is 3.55. The number of nitrogens with one attached hydrogen (secondary N) is 1. The van der Waals surface area contributed by atoms with E-state index in [0.717, 1.165) is 37.4 Å². The summed E-state index contributed by atoms with van der Waals surface area (Å²) in [5.74, 6) is 1.90. The first-order chi connectivity index (χ1) is 16.1. The molecule has 35 heavy (non-hydrogen) atoms. The Bertz CT molecular complexity index is 1150. The number of pyridine rings is 3. The van der Waals surface area contributed by atoms with Gasteiger partial charge in [-0.05, 0) is 18.9 Å². The van der Waals surface area contributed by atoms with Gasteiger partial charge < -0.3 is 24.6 Å². The summed E-state index contributed by atoms with van der Waals surface area (Å²) in [5.41, 5.74) is 2.70. The minimum atomic E-state index is -0.872. The summed E-state index contributed by atoms with van der Waals surface area (Å²) in [6.07, 6.45) is 4.18. The van der Waals surface area contributed by atoms with Gasteiger partial charge in [0.05, 0.1) is 29.5 Å².